The van der Waals surface area contributed by atoms with Crippen molar-refractivity contribution in [2.24, 2.45) is 0 Å². The molecule has 0 aliphatic carbocycles. The van der Waals surface area contributed by atoms with Crippen molar-refractivity contribution in [2.45, 2.75) is 6.04 Å². The van der Waals surface area contributed by atoms with Crippen LogP contribution < -0.4 is 20.1 Å². The highest BCUT2D eigenvalue weighted by Gasteiger charge is 2.33. The highest BCUT2D eigenvalue weighted by Crippen LogP contribution is 2.34. The predicted molar refractivity (Wildman–Crippen MR) is 83.7 cm³/mol. The lowest BCUT2D eigenvalue weighted by Gasteiger charge is -2.28. The van der Waals surface area contributed by atoms with Crippen LogP contribution in [0.3, 0.4) is 0 Å². The van der Waals surface area contributed by atoms with Crippen molar-refractivity contribution >= 4 is 23.6 Å². The third-order valence-electron chi connectivity index (χ3n) is 3.43. The van der Waals surface area contributed by atoms with Gasteiger partial charge in [-0.25, -0.2) is 9.59 Å². The minimum atomic E-state index is -0.704. The maximum atomic E-state index is 12.1. The van der Waals surface area contributed by atoms with E-state index < -0.39 is 18.0 Å². The van der Waals surface area contributed by atoms with E-state index in [0.717, 1.165) is 0 Å². The molecule has 8 heteroatoms. The summed E-state index contributed by atoms with van der Waals surface area (Å²) < 4.78 is 15.3. The van der Waals surface area contributed by atoms with Gasteiger partial charge in [-0.05, 0) is 17.7 Å². The molecule has 7 nitrogen and oxygen atoms in total. The summed E-state index contributed by atoms with van der Waals surface area (Å²) in [4.78, 5) is 23.9. The molecule has 2 amide bonds. The van der Waals surface area contributed by atoms with Gasteiger partial charge in [-0.15, -0.1) is 11.6 Å². The van der Waals surface area contributed by atoms with Gasteiger partial charge >= 0.3 is 12.0 Å². The van der Waals surface area contributed by atoms with Crippen LogP contribution in [0, 0.1) is 0 Å². The van der Waals surface area contributed by atoms with Gasteiger partial charge in [0, 0.05) is 5.70 Å². The van der Waals surface area contributed by atoms with E-state index in [4.69, 9.17) is 25.8 Å². The molecule has 1 heterocycles. The van der Waals surface area contributed by atoms with Gasteiger partial charge in [-0.3, -0.25) is 0 Å². The van der Waals surface area contributed by atoms with Crippen LogP contribution in [-0.2, 0) is 9.53 Å². The maximum absolute atomic E-state index is 12.1. The van der Waals surface area contributed by atoms with Crippen LogP contribution in [0.2, 0.25) is 0 Å². The molecule has 0 saturated heterocycles. The summed E-state index contributed by atoms with van der Waals surface area (Å²) >= 11 is 5.85. The second-order valence-electron chi connectivity index (χ2n) is 4.66. The first kappa shape index (κ1) is 17.0. The van der Waals surface area contributed by atoms with Crippen molar-refractivity contribution in [3.05, 3.63) is 35.0 Å². The molecule has 1 aromatic carbocycles. The normalized spacial score (nSPS) is 17.2. The SMILES string of the molecule is COC(=O)C1=C(CCl)NC(=O)N[C@@H]1c1ccc(OC)c(OC)c1. The average molecular weight is 341 g/mol. The number of hydrogen-bond donors (Lipinski definition) is 2. The molecular formula is C15H17ClN2O5. The van der Waals surface area contributed by atoms with Crippen molar-refractivity contribution in [3.8, 4) is 11.5 Å². The predicted octanol–water partition coefficient (Wildman–Crippen LogP) is 1.72. The highest BCUT2D eigenvalue weighted by atomic mass is 35.5. The number of urea groups is 1. The second kappa shape index (κ2) is 7.23. The number of allylic oxidation sites excluding steroid dienone is 1. The van der Waals surface area contributed by atoms with E-state index in [1.807, 2.05) is 0 Å². The molecular weight excluding hydrogens is 324 g/mol. The molecule has 124 valence electrons. The number of ether oxygens (including phenoxy) is 3. The summed E-state index contributed by atoms with van der Waals surface area (Å²) in [5.74, 6) is 0.418. The fourth-order valence-electron chi connectivity index (χ4n) is 2.36. The number of carbonyl (C=O) groups is 2. The number of benzene rings is 1. The lowest BCUT2D eigenvalue weighted by atomic mass is 9.95. The molecule has 0 radical (unpaired) electrons. The number of rotatable bonds is 5. The molecule has 1 atom stereocenters. The molecule has 0 aromatic heterocycles. The van der Waals surface area contributed by atoms with E-state index in [9.17, 15) is 9.59 Å². The molecule has 0 fully saturated rings. The molecule has 0 unspecified atom stereocenters. The Bertz CT molecular complexity index is 659. The number of esters is 1. The van der Waals surface area contributed by atoms with E-state index in [0.29, 0.717) is 22.8 Å². The lowest BCUT2D eigenvalue weighted by molar-refractivity contribution is -0.136. The van der Waals surface area contributed by atoms with E-state index in [-0.39, 0.29) is 11.5 Å². The number of halogens is 1. The lowest BCUT2D eigenvalue weighted by Crippen LogP contribution is -2.46. The first-order valence-electron chi connectivity index (χ1n) is 6.72. The molecule has 0 spiro atoms. The molecule has 1 aromatic rings. The fourth-order valence-corrected chi connectivity index (χ4v) is 2.57. The topological polar surface area (TPSA) is 85.9 Å². The zero-order valence-electron chi connectivity index (χ0n) is 12.9. The number of amides is 2. The van der Waals surface area contributed by atoms with Gasteiger partial charge < -0.3 is 24.8 Å². The zero-order chi connectivity index (χ0) is 17.0. The summed E-state index contributed by atoms with van der Waals surface area (Å²) in [7, 11) is 4.29. The Morgan fingerprint density at radius 2 is 1.91 bits per heavy atom. The monoisotopic (exact) mass is 340 g/mol. The van der Waals surface area contributed by atoms with Crippen LogP contribution >= 0.6 is 11.6 Å². The molecule has 2 N–H and O–H groups in total. The van der Waals surface area contributed by atoms with Crippen LogP contribution in [0.4, 0.5) is 4.79 Å². The Balaban J connectivity index is 2.54. The molecule has 0 saturated carbocycles. The van der Waals surface area contributed by atoms with Gasteiger partial charge in [0.1, 0.15) is 0 Å². The fraction of sp³-hybridized carbons (Fsp3) is 0.333. The number of alkyl halides is 1. The Morgan fingerprint density at radius 1 is 1.22 bits per heavy atom. The van der Waals surface area contributed by atoms with Gasteiger partial charge in [0.05, 0.1) is 38.8 Å². The minimum Gasteiger partial charge on any atom is -0.493 e. The first-order chi connectivity index (χ1) is 11.0. The van der Waals surface area contributed by atoms with Crippen LogP contribution in [-0.4, -0.2) is 39.2 Å². The van der Waals surface area contributed by atoms with Crippen molar-refractivity contribution < 1.29 is 23.8 Å². The molecule has 1 aliphatic rings. The molecule has 1 aliphatic heterocycles. The largest absolute Gasteiger partial charge is 0.493 e. The van der Waals surface area contributed by atoms with E-state index in [2.05, 4.69) is 10.6 Å². The molecule has 23 heavy (non-hydrogen) atoms. The number of methoxy groups -OCH3 is 3. The smallest absolute Gasteiger partial charge is 0.338 e. The van der Waals surface area contributed by atoms with E-state index >= 15 is 0 Å². The Kier molecular flexibility index (Phi) is 5.33. The van der Waals surface area contributed by atoms with Gasteiger partial charge in [0.2, 0.25) is 0 Å². The third kappa shape index (κ3) is 3.34. The summed E-state index contributed by atoms with van der Waals surface area (Å²) in [5, 5.41) is 5.21. The zero-order valence-corrected chi connectivity index (χ0v) is 13.7. The summed E-state index contributed by atoms with van der Waals surface area (Å²) in [6, 6.07) is 3.95. The van der Waals surface area contributed by atoms with Crippen LogP contribution in [0.1, 0.15) is 11.6 Å². The molecule has 0 bridgehead atoms. The summed E-state index contributed by atoms with van der Waals surface area (Å²) in [5.41, 5.74) is 1.19. The van der Waals surface area contributed by atoms with Crippen molar-refractivity contribution in [2.75, 3.05) is 27.2 Å². The second-order valence-corrected chi connectivity index (χ2v) is 4.93. The van der Waals surface area contributed by atoms with Crippen LogP contribution in [0.5, 0.6) is 11.5 Å². The van der Waals surface area contributed by atoms with Crippen molar-refractivity contribution in [1.29, 1.82) is 0 Å². The maximum Gasteiger partial charge on any atom is 0.338 e. The number of carbonyl (C=O) groups excluding carboxylic acids is 2. The molecule has 2 rings (SSSR count). The van der Waals surface area contributed by atoms with Crippen molar-refractivity contribution in [3.63, 3.8) is 0 Å². The van der Waals surface area contributed by atoms with Crippen LogP contribution in [0.25, 0.3) is 0 Å². The standard InChI is InChI=1S/C15H17ClN2O5/c1-21-10-5-4-8(6-11(10)22-2)13-12(14(19)23-3)9(7-16)17-15(20)18-13/h4-6,13H,7H2,1-3H3,(H2,17,18,20)/t13-/m1/s1. The third-order valence-corrected chi connectivity index (χ3v) is 3.70. The van der Waals surface area contributed by atoms with Crippen molar-refractivity contribution in [1.82, 2.24) is 10.6 Å². The minimum absolute atomic E-state index is 0.0261. The van der Waals surface area contributed by atoms with E-state index in [1.54, 1.807) is 18.2 Å². The van der Waals surface area contributed by atoms with Gasteiger partial charge in [-0.2, -0.15) is 0 Å². The average Bonchev–Trinajstić information content (AvgIpc) is 2.59. The Hall–Kier alpha value is -2.41. The van der Waals surface area contributed by atoms with Gasteiger partial charge in [0.15, 0.2) is 11.5 Å². The summed E-state index contributed by atoms with van der Waals surface area (Å²) in [6.45, 7) is 0. The number of hydrogen-bond acceptors (Lipinski definition) is 5. The van der Waals surface area contributed by atoms with Gasteiger partial charge in [-0.1, -0.05) is 6.07 Å². The quantitative estimate of drug-likeness (QED) is 0.629. The Morgan fingerprint density at radius 3 is 2.48 bits per heavy atom. The van der Waals surface area contributed by atoms with Gasteiger partial charge in [0.25, 0.3) is 0 Å². The summed E-state index contributed by atoms with van der Waals surface area (Å²) in [6.07, 6.45) is 0. The van der Waals surface area contributed by atoms with E-state index in [1.165, 1.54) is 21.3 Å². The highest BCUT2D eigenvalue weighted by molar-refractivity contribution is 6.20. The first-order valence-corrected chi connectivity index (χ1v) is 7.25. The number of nitrogens with one attached hydrogen (secondary N) is 2. The van der Waals surface area contributed by atoms with Crippen LogP contribution in [0.15, 0.2) is 29.5 Å². The Labute approximate surface area is 138 Å².